The monoisotopic (exact) mass is 257 g/mol. The first-order valence-corrected chi connectivity index (χ1v) is 6.73. The fraction of sp³-hybridized carbons (Fsp3) is 0.467. The van der Waals surface area contributed by atoms with Crippen molar-refractivity contribution in [3.63, 3.8) is 0 Å². The van der Waals surface area contributed by atoms with E-state index in [-0.39, 0.29) is 5.91 Å². The number of hydrogen-bond acceptors (Lipinski definition) is 3. The van der Waals surface area contributed by atoms with Gasteiger partial charge in [-0.05, 0) is 30.4 Å². The van der Waals surface area contributed by atoms with E-state index in [2.05, 4.69) is 34.9 Å². The molecule has 1 atom stereocenters. The molecule has 0 bridgehead atoms. The van der Waals surface area contributed by atoms with Crippen LogP contribution in [0.1, 0.15) is 24.0 Å². The van der Waals surface area contributed by atoms with Gasteiger partial charge in [-0.15, -0.1) is 0 Å². The van der Waals surface area contributed by atoms with Crippen molar-refractivity contribution in [2.75, 3.05) is 13.1 Å². The Morgan fingerprint density at radius 1 is 1.37 bits per heavy atom. The summed E-state index contributed by atoms with van der Waals surface area (Å²) in [5.74, 6) is -0.0332. The van der Waals surface area contributed by atoms with Gasteiger partial charge in [-0.2, -0.15) is 5.26 Å². The molecule has 2 N–H and O–H groups in total. The topological polar surface area (TPSA) is 64.9 Å². The van der Waals surface area contributed by atoms with E-state index in [9.17, 15) is 4.79 Å². The van der Waals surface area contributed by atoms with E-state index in [1.54, 1.807) is 0 Å². The third-order valence-electron chi connectivity index (χ3n) is 3.46. The Bertz CT molecular complexity index is 479. The van der Waals surface area contributed by atoms with E-state index in [1.807, 2.05) is 6.07 Å². The molecule has 1 amide bonds. The van der Waals surface area contributed by atoms with Gasteiger partial charge in [-0.1, -0.05) is 24.3 Å². The Balaban J connectivity index is 1.74. The lowest BCUT2D eigenvalue weighted by Crippen LogP contribution is -2.41. The summed E-state index contributed by atoms with van der Waals surface area (Å²) >= 11 is 0. The fourth-order valence-corrected chi connectivity index (χ4v) is 2.43. The molecule has 0 saturated carbocycles. The van der Waals surface area contributed by atoms with Gasteiger partial charge >= 0.3 is 0 Å². The second-order valence-electron chi connectivity index (χ2n) is 4.85. The predicted octanol–water partition coefficient (Wildman–Crippen LogP) is 1.16. The van der Waals surface area contributed by atoms with Crippen LogP contribution in [-0.4, -0.2) is 25.0 Å². The molecule has 0 fully saturated rings. The second-order valence-corrected chi connectivity index (χ2v) is 4.85. The lowest BCUT2D eigenvalue weighted by Gasteiger charge is -2.25. The molecule has 1 unspecified atom stereocenters. The van der Waals surface area contributed by atoms with Crippen LogP contribution >= 0.6 is 0 Å². The van der Waals surface area contributed by atoms with Gasteiger partial charge in [0.2, 0.25) is 5.91 Å². The zero-order valence-corrected chi connectivity index (χ0v) is 11.0. The summed E-state index contributed by atoms with van der Waals surface area (Å²) < 4.78 is 0. The van der Waals surface area contributed by atoms with Crippen molar-refractivity contribution >= 4 is 5.91 Å². The van der Waals surface area contributed by atoms with E-state index in [0.717, 1.165) is 19.3 Å². The molecule has 1 aromatic rings. The van der Waals surface area contributed by atoms with Gasteiger partial charge in [0.15, 0.2) is 0 Å². The molecule has 0 aliphatic heterocycles. The van der Waals surface area contributed by atoms with Crippen LogP contribution in [0.5, 0.6) is 0 Å². The molecule has 0 aromatic heterocycles. The lowest BCUT2D eigenvalue weighted by molar-refractivity contribution is -0.120. The quantitative estimate of drug-likeness (QED) is 0.778. The van der Waals surface area contributed by atoms with Crippen LogP contribution in [0.25, 0.3) is 0 Å². The Morgan fingerprint density at radius 3 is 2.95 bits per heavy atom. The highest BCUT2D eigenvalue weighted by Crippen LogP contribution is 2.20. The highest BCUT2D eigenvalue weighted by Gasteiger charge is 2.18. The molecule has 2 rings (SSSR count). The predicted molar refractivity (Wildman–Crippen MR) is 73.5 cm³/mol. The maximum Gasteiger partial charge on any atom is 0.233 e. The highest BCUT2D eigenvalue weighted by molar-refractivity contribution is 5.78. The number of carbonyl (C=O) groups is 1. The van der Waals surface area contributed by atoms with Gasteiger partial charge in [-0.25, -0.2) is 0 Å². The number of amides is 1. The third kappa shape index (κ3) is 4.08. The Hall–Kier alpha value is -1.86. The van der Waals surface area contributed by atoms with Gasteiger partial charge in [0.1, 0.15) is 0 Å². The van der Waals surface area contributed by atoms with Crippen LogP contribution in [0.4, 0.5) is 0 Å². The molecule has 100 valence electrons. The summed E-state index contributed by atoms with van der Waals surface area (Å²) in [6.45, 7) is 0.767. The number of fused-ring (bicyclic) bond motifs is 1. The summed E-state index contributed by atoms with van der Waals surface area (Å²) in [5, 5.41) is 14.4. The van der Waals surface area contributed by atoms with Crippen molar-refractivity contribution in [3.8, 4) is 6.07 Å². The summed E-state index contributed by atoms with van der Waals surface area (Å²) in [4.78, 5) is 11.5. The van der Waals surface area contributed by atoms with Crippen molar-refractivity contribution in [2.24, 2.45) is 0 Å². The van der Waals surface area contributed by atoms with Crippen LogP contribution in [0.3, 0.4) is 0 Å². The summed E-state index contributed by atoms with van der Waals surface area (Å²) in [5.41, 5.74) is 2.81. The fourth-order valence-electron chi connectivity index (χ4n) is 2.43. The number of nitrogens with one attached hydrogen (secondary N) is 2. The maximum absolute atomic E-state index is 11.5. The molecule has 0 radical (unpaired) electrons. The van der Waals surface area contributed by atoms with Crippen molar-refractivity contribution in [1.82, 2.24) is 10.6 Å². The van der Waals surface area contributed by atoms with Crippen LogP contribution < -0.4 is 10.6 Å². The molecule has 1 aliphatic carbocycles. The largest absolute Gasteiger partial charge is 0.354 e. The lowest BCUT2D eigenvalue weighted by atomic mass is 9.88. The Labute approximate surface area is 113 Å². The van der Waals surface area contributed by atoms with Gasteiger partial charge in [0.25, 0.3) is 0 Å². The van der Waals surface area contributed by atoms with Gasteiger partial charge in [-0.3, -0.25) is 4.79 Å². The maximum atomic E-state index is 11.5. The number of hydrogen-bond donors (Lipinski definition) is 2. The van der Waals surface area contributed by atoms with E-state index in [1.165, 1.54) is 11.1 Å². The van der Waals surface area contributed by atoms with Crippen LogP contribution in [-0.2, 0) is 17.6 Å². The summed E-state index contributed by atoms with van der Waals surface area (Å²) in [7, 11) is 0. The second kappa shape index (κ2) is 6.91. The smallest absolute Gasteiger partial charge is 0.233 e. The van der Waals surface area contributed by atoms with Gasteiger partial charge in [0, 0.05) is 12.6 Å². The van der Waals surface area contributed by atoms with E-state index in [4.69, 9.17) is 5.26 Å². The number of nitriles is 1. The van der Waals surface area contributed by atoms with Crippen molar-refractivity contribution < 1.29 is 4.79 Å². The van der Waals surface area contributed by atoms with E-state index >= 15 is 0 Å². The molecule has 0 spiro atoms. The number of carbonyl (C=O) groups excluding carboxylic acids is 1. The number of aryl methyl sites for hydroxylation is 1. The Kier molecular flexibility index (Phi) is 4.93. The molecular formula is C15H19N3O. The molecule has 1 aromatic carbocycles. The molecule has 19 heavy (non-hydrogen) atoms. The average Bonchev–Trinajstić information content (AvgIpc) is 2.45. The van der Waals surface area contributed by atoms with Gasteiger partial charge < -0.3 is 10.6 Å². The normalized spacial score (nSPS) is 17.3. The molecule has 0 saturated heterocycles. The minimum absolute atomic E-state index is 0.0332. The zero-order chi connectivity index (χ0) is 13.5. The van der Waals surface area contributed by atoms with Crippen molar-refractivity contribution in [1.29, 1.82) is 5.26 Å². The van der Waals surface area contributed by atoms with Crippen molar-refractivity contribution in [3.05, 3.63) is 35.4 Å². The average molecular weight is 257 g/mol. The molecule has 4 nitrogen and oxygen atoms in total. The van der Waals surface area contributed by atoms with Crippen molar-refractivity contribution in [2.45, 2.75) is 31.7 Å². The van der Waals surface area contributed by atoms with E-state index < -0.39 is 0 Å². The number of rotatable bonds is 5. The molecule has 0 heterocycles. The van der Waals surface area contributed by atoms with E-state index in [0.29, 0.717) is 25.6 Å². The molecule has 1 aliphatic rings. The first-order valence-electron chi connectivity index (χ1n) is 6.73. The van der Waals surface area contributed by atoms with Crippen LogP contribution in [0.15, 0.2) is 24.3 Å². The Morgan fingerprint density at radius 2 is 2.16 bits per heavy atom. The van der Waals surface area contributed by atoms with Crippen LogP contribution in [0.2, 0.25) is 0 Å². The van der Waals surface area contributed by atoms with Crippen LogP contribution in [0, 0.1) is 11.3 Å². The summed E-state index contributed by atoms with van der Waals surface area (Å²) in [6.07, 6.45) is 3.50. The minimum atomic E-state index is -0.0332. The SMILES string of the molecule is N#CCCNC(=O)CNC1CCc2ccccc2C1. The number of benzene rings is 1. The highest BCUT2D eigenvalue weighted by atomic mass is 16.1. The standard InChI is InChI=1S/C15H19N3O/c16-8-3-9-17-15(19)11-18-14-7-6-12-4-1-2-5-13(12)10-14/h1-2,4-5,14,18H,3,6-7,9-11H2,(H,17,19). The zero-order valence-electron chi connectivity index (χ0n) is 11.0. The third-order valence-corrected chi connectivity index (χ3v) is 3.46. The molecular weight excluding hydrogens is 238 g/mol. The summed E-state index contributed by atoms with van der Waals surface area (Å²) in [6, 6.07) is 10.9. The molecule has 4 heteroatoms. The minimum Gasteiger partial charge on any atom is -0.354 e. The first-order chi connectivity index (χ1) is 9.29. The first kappa shape index (κ1) is 13.6. The number of nitrogens with zero attached hydrogens (tertiary/aromatic N) is 1. The van der Waals surface area contributed by atoms with Gasteiger partial charge in [0.05, 0.1) is 19.0 Å².